The molecule has 2 rings (SSSR count). The summed E-state index contributed by atoms with van der Waals surface area (Å²) in [4.78, 5) is 9.49. The Morgan fingerprint density at radius 2 is 2.22 bits per heavy atom. The van der Waals surface area contributed by atoms with Gasteiger partial charge in [0.2, 0.25) is 0 Å². The Bertz CT molecular complexity index is 488. The van der Waals surface area contributed by atoms with Crippen LogP contribution in [0.4, 0.5) is 5.13 Å². The van der Waals surface area contributed by atoms with Crippen LogP contribution in [0.5, 0.6) is 0 Å². The van der Waals surface area contributed by atoms with Crippen molar-refractivity contribution in [2.75, 3.05) is 11.9 Å². The van der Waals surface area contributed by atoms with Crippen molar-refractivity contribution in [3.05, 3.63) is 33.0 Å². The molecule has 2 N–H and O–H groups in total. The maximum absolute atomic E-state index is 5.79. The van der Waals surface area contributed by atoms with Crippen LogP contribution in [-0.4, -0.2) is 12.0 Å². The minimum Gasteiger partial charge on any atom is -0.346 e. The first kappa shape index (κ1) is 13.5. The predicted octanol–water partition coefficient (Wildman–Crippen LogP) is 3.42. The molecule has 2 aromatic rings. The summed E-state index contributed by atoms with van der Waals surface area (Å²) in [6.45, 7) is 5.82. The number of hydrogen-bond acceptors (Lipinski definition) is 5. The quantitative estimate of drug-likeness (QED) is 0.913. The maximum atomic E-state index is 5.79. The first-order chi connectivity index (χ1) is 8.61. The van der Waals surface area contributed by atoms with Gasteiger partial charge < -0.3 is 10.6 Å². The van der Waals surface area contributed by atoms with E-state index in [4.69, 9.17) is 10.7 Å². The molecule has 0 fully saturated rings. The first-order valence-corrected chi connectivity index (χ1v) is 7.74. The van der Waals surface area contributed by atoms with E-state index in [1.807, 2.05) is 0 Å². The van der Waals surface area contributed by atoms with Gasteiger partial charge in [0.1, 0.15) is 0 Å². The topological polar surface area (TPSA) is 42.2 Å². The van der Waals surface area contributed by atoms with E-state index in [2.05, 4.69) is 43.3 Å². The van der Waals surface area contributed by atoms with Crippen molar-refractivity contribution in [1.82, 2.24) is 4.98 Å². The molecule has 0 aliphatic heterocycles. The molecule has 2 heterocycles. The Morgan fingerprint density at radius 3 is 2.72 bits per heavy atom. The van der Waals surface area contributed by atoms with Gasteiger partial charge in [-0.3, -0.25) is 0 Å². The maximum Gasteiger partial charge on any atom is 0.185 e. The van der Waals surface area contributed by atoms with Crippen LogP contribution in [0.3, 0.4) is 0 Å². The van der Waals surface area contributed by atoms with Gasteiger partial charge in [-0.1, -0.05) is 19.9 Å². The SMILES string of the molecule is CC(C)c1nc(N(C)Cc2cccs2)sc1CN. The molecule has 2 aromatic heterocycles. The normalized spacial score (nSPS) is 11.2. The lowest BCUT2D eigenvalue weighted by Crippen LogP contribution is -2.15. The van der Waals surface area contributed by atoms with Crippen LogP contribution in [0, 0.1) is 0 Å². The number of thiophene rings is 1. The molecule has 0 aliphatic rings. The monoisotopic (exact) mass is 281 g/mol. The Kier molecular flexibility index (Phi) is 4.37. The van der Waals surface area contributed by atoms with Crippen molar-refractivity contribution in [2.45, 2.75) is 32.9 Å². The van der Waals surface area contributed by atoms with Crippen molar-refractivity contribution in [2.24, 2.45) is 5.73 Å². The molecule has 0 radical (unpaired) electrons. The zero-order valence-electron chi connectivity index (χ0n) is 11.0. The molecule has 0 aromatic carbocycles. The van der Waals surface area contributed by atoms with E-state index >= 15 is 0 Å². The smallest absolute Gasteiger partial charge is 0.185 e. The second-order valence-electron chi connectivity index (χ2n) is 4.60. The molecule has 18 heavy (non-hydrogen) atoms. The Balaban J connectivity index is 2.17. The van der Waals surface area contributed by atoms with Crippen LogP contribution in [0.2, 0.25) is 0 Å². The van der Waals surface area contributed by atoms with Gasteiger partial charge in [0, 0.05) is 23.3 Å². The highest BCUT2D eigenvalue weighted by Gasteiger charge is 2.15. The largest absolute Gasteiger partial charge is 0.346 e. The lowest BCUT2D eigenvalue weighted by molar-refractivity contribution is 0.805. The summed E-state index contributed by atoms with van der Waals surface area (Å²) < 4.78 is 0. The highest BCUT2D eigenvalue weighted by molar-refractivity contribution is 7.15. The van der Waals surface area contributed by atoms with Crippen molar-refractivity contribution in [3.8, 4) is 0 Å². The molecule has 5 heteroatoms. The van der Waals surface area contributed by atoms with E-state index in [0.29, 0.717) is 12.5 Å². The van der Waals surface area contributed by atoms with Gasteiger partial charge in [-0.2, -0.15) is 0 Å². The van der Waals surface area contributed by atoms with Gasteiger partial charge in [0.05, 0.1) is 12.2 Å². The van der Waals surface area contributed by atoms with E-state index in [1.165, 1.54) is 9.75 Å². The number of anilines is 1. The lowest BCUT2D eigenvalue weighted by Gasteiger charge is -2.14. The van der Waals surface area contributed by atoms with Gasteiger partial charge in [-0.25, -0.2) is 4.98 Å². The van der Waals surface area contributed by atoms with Crippen LogP contribution in [0.25, 0.3) is 0 Å². The van der Waals surface area contributed by atoms with E-state index in [9.17, 15) is 0 Å². The van der Waals surface area contributed by atoms with Gasteiger partial charge in [0.15, 0.2) is 5.13 Å². The second kappa shape index (κ2) is 5.82. The van der Waals surface area contributed by atoms with Gasteiger partial charge in [0.25, 0.3) is 0 Å². The van der Waals surface area contributed by atoms with E-state index in [-0.39, 0.29) is 0 Å². The summed E-state index contributed by atoms with van der Waals surface area (Å²) in [5, 5.41) is 3.17. The van der Waals surface area contributed by atoms with E-state index < -0.39 is 0 Å². The van der Waals surface area contributed by atoms with Crippen LogP contribution in [0.15, 0.2) is 17.5 Å². The zero-order valence-corrected chi connectivity index (χ0v) is 12.6. The fourth-order valence-electron chi connectivity index (χ4n) is 1.82. The summed E-state index contributed by atoms with van der Waals surface area (Å²) in [6, 6.07) is 4.24. The summed E-state index contributed by atoms with van der Waals surface area (Å²) in [5.74, 6) is 0.434. The average Bonchev–Trinajstić information content (AvgIpc) is 2.96. The van der Waals surface area contributed by atoms with Gasteiger partial charge in [-0.05, 0) is 17.4 Å². The predicted molar refractivity (Wildman–Crippen MR) is 80.5 cm³/mol. The third kappa shape index (κ3) is 2.91. The second-order valence-corrected chi connectivity index (χ2v) is 6.69. The number of nitrogens with zero attached hydrogens (tertiary/aromatic N) is 2. The molecule has 0 amide bonds. The Hall–Kier alpha value is -0.910. The summed E-state index contributed by atoms with van der Waals surface area (Å²) in [7, 11) is 2.09. The minimum absolute atomic E-state index is 0.434. The molecule has 98 valence electrons. The fourth-order valence-corrected chi connectivity index (χ4v) is 3.63. The molecule has 0 saturated carbocycles. The fraction of sp³-hybridized carbons (Fsp3) is 0.462. The third-order valence-electron chi connectivity index (χ3n) is 2.75. The molecule has 3 nitrogen and oxygen atoms in total. The number of nitrogens with two attached hydrogens (primary N) is 1. The molecule has 0 bridgehead atoms. The van der Waals surface area contributed by atoms with Crippen LogP contribution < -0.4 is 10.6 Å². The molecular formula is C13H19N3S2. The molecular weight excluding hydrogens is 262 g/mol. The number of aromatic nitrogens is 1. The summed E-state index contributed by atoms with van der Waals surface area (Å²) in [6.07, 6.45) is 0. The van der Waals surface area contributed by atoms with Gasteiger partial charge in [-0.15, -0.1) is 22.7 Å². The Morgan fingerprint density at radius 1 is 1.44 bits per heavy atom. The molecule has 0 unspecified atom stereocenters. The van der Waals surface area contributed by atoms with Crippen molar-refractivity contribution >= 4 is 27.8 Å². The molecule has 0 atom stereocenters. The zero-order chi connectivity index (χ0) is 13.1. The minimum atomic E-state index is 0.434. The lowest BCUT2D eigenvalue weighted by atomic mass is 10.1. The van der Waals surface area contributed by atoms with E-state index in [0.717, 1.165) is 17.4 Å². The summed E-state index contributed by atoms with van der Waals surface area (Å²) >= 11 is 3.49. The first-order valence-electron chi connectivity index (χ1n) is 6.05. The number of hydrogen-bond donors (Lipinski definition) is 1. The number of rotatable bonds is 5. The number of thiazole rings is 1. The van der Waals surface area contributed by atoms with Crippen LogP contribution >= 0.6 is 22.7 Å². The summed E-state index contributed by atoms with van der Waals surface area (Å²) in [5.41, 5.74) is 6.94. The highest BCUT2D eigenvalue weighted by atomic mass is 32.1. The van der Waals surface area contributed by atoms with Crippen molar-refractivity contribution in [1.29, 1.82) is 0 Å². The standard InChI is InChI=1S/C13H19N3S2/c1-9(2)12-11(7-14)18-13(15-12)16(3)8-10-5-4-6-17-10/h4-6,9H,7-8,14H2,1-3H3. The molecule has 0 aliphatic carbocycles. The van der Waals surface area contributed by atoms with Gasteiger partial charge >= 0.3 is 0 Å². The third-order valence-corrected chi connectivity index (χ3v) is 4.82. The highest BCUT2D eigenvalue weighted by Crippen LogP contribution is 2.30. The van der Waals surface area contributed by atoms with Crippen molar-refractivity contribution < 1.29 is 0 Å². The van der Waals surface area contributed by atoms with Crippen molar-refractivity contribution in [3.63, 3.8) is 0 Å². The van der Waals surface area contributed by atoms with Crippen LogP contribution in [0.1, 0.15) is 35.2 Å². The molecule has 0 spiro atoms. The van der Waals surface area contributed by atoms with E-state index in [1.54, 1.807) is 22.7 Å². The Labute approximate surface area is 116 Å². The van der Waals surface area contributed by atoms with Crippen LogP contribution in [-0.2, 0) is 13.1 Å². The molecule has 0 saturated heterocycles. The average molecular weight is 281 g/mol.